The molecule has 2 aromatic rings. The lowest BCUT2D eigenvalue weighted by atomic mass is 10.2. The molecule has 4 nitrogen and oxygen atoms in total. The van der Waals surface area contributed by atoms with Gasteiger partial charge in [-0.25, -0.2) is 0 Å². The van der Waals surface area contributed by atoms with Crippen molar-refractivity contribution in [1.82, 2.24) is 0 Å². The highest BCUT2D eigenvalue weighted by atomic mass is 16.5. The Hall–Kier alpha value is -2.36. The van der Waals surface area contributed by atoms with Crippen LogP contribution in [0.5, 0.6) is 5.75 Å². The van der Waals surface area contributed by atoms with Crippen molar-refractivity contribution in [3.8, 4) is 5.75 Å². The number of hydrogen-bond donors (Lipinski definition) is 0. The van der Waals surface area contributed by atoms with Gasteiger partial charge in [0.15, 0.2) is 0 Å². The number of hydrogen-bond acceptors (Lipinski definition) is 4. The molecule has 0 N–H and O–H groups in total. The molecule has 4 heteroatoms. The predicted molar refractivity (Wildman–Crippen MR) is 71.5 cm³/mol. The Bertz CT molecular complexity index is 530. The van der Waals surface area contributed by atoms with Crippen molar-refractivity contribution in [2.24, 2.45) is 10.2 Å². The Balaban J connectivity index is 2.04. The van der Waals surface area contributed by atoms with Crippen molar-refractivity contribution in [3.05, 3.63) is 54.0 Å². The molecule has 0 saturated heterocycles. The van der Waals surface area contributed by atoms with E-state index in [1.165, 1.54) is 0 Å². The summed E-state index contributed by atoms with van der Waals surface area (Å²) >= 11 is 0. The zero-order chi connectivity index (χ0) is 12.6. The normalized spacial score (nSPS) is 11.4. The van der Waals surface area contributed by atoms with Crippen LogP contribution in [0.4, 0.5) is 0 Å². The second-order valence-corrected chi connectivity index (χ2v) is 3.48. The van der Waals surface area contributed by atoms with E-state index < -0.39 is 0 Å². The quantitative estimate of drug-likeness (QED) is 0.597. The molecule has 92 valence electrons. The van der Waals surface area contributed by atoms with Crippen LogP contribution in [-0.4, -0.2) is 19.0 Å². The van der Waals surface area contributed by atoms with Crippen molar-refractivity contribution in [3.63, 3.8) is 0 Å². The van der Waals surface area contributed by atoms with Gasteiger partial charge in [-0.3, -0.25) is 0 Å². The zero-order valence-corrected chi connectivity index (χ0v) is 10.1. The molecule has 0 aliphatic carbocycles. The fourth-order valence-electron chi connectivity index (χ4n) is 1.42. The average molecular weight is 242 g/mol. The van der Waals surface area contributed by atoms with Gasteiger partial charge in [0.1, 0.15) is 11.5 Å². The van der Waals surface area contributed by atoms with Gasteiger partial charge in [0, 0.05) is 5.56 Å². The minimum atomic E-state index is 0.626. The monoisotopic (exact) mass is 242 g/mol. The molecule has 0 atom stereocenters. The maximum Gasteiger partial charge on any atom is 0.146 e. The first kappa shape index (κ1) is 12.1. The van der Waals surface area contributed by atoms with Crippen LogP contribution in [-0.2, 0) is 0 Å². The second-order valence-electron chi connectivity index (χ2n) is 3.48. The maximum atomic E-state index is 5.48. The summed E-state index contributed by atoms with van der Waals surface area (Å²) in [5.41, 5.74) is 0.899. The summed E-state index contributed by atoms with van der Waals surface area (Å²) in [7, 11) is 0. The Kier molecular flexibility index (Phi) is 4.30. The smallest absolute Gasteiger partial charge is 0.146 e. The van der Waals surface area contributed by atoms with E-state index >= 15 is 0 Å². The van der Waals surface area contributed by atoms with E-state index in [0.717, 1.165) is 11.3 Å². The highest BCUT2D eigenvalue weighted by Gasteiger charge is 1.97. The highest BCUT2D eigenvalue weighted by Crippen LogP contribution is 2.15. The molecular weight excluding hydrogens is 228 g/mol. The van der Waals surface area contributed by atoms with E-state index in [9.17, 15) is 0 Å². The van der Waals surface area contributed by atoms with Gasteiger partial charge in [-0.15, -0.1) is 0 Å². The topological polar surface area (TPSA) is 47.1 Å². The molecule has 0 aliphatic rings. The van der Waals surface area contributed by atoms with Crippen LogP contribution in [0.25, 0.3) is 0 Å². The van der Waals surface area contributed by atoms with Crippen LogP contribution < -0.4 is 4.74 Å². The average Bonchev–Trinajstić information content (AvgIpc) is 2.90. The SMILES string of the molecule is CCOc1ccccc1/C=N\N=C\c1ccco1. The van der Waals surface area contributed by atoms with E-state index in [-0.39, 0.29) is 0 Å². The van der Waals surface area contributed by atoms with E-state index in [1.54, 1.807) is 24.8 Å². The number of benzene rings is 1. The Labute approximate surface area is 106 Å². The van der Waals surface area contributed by atoms with Crippen LogP contribution in [0.2, 0.25) is 0 Å². The van der Waals surface area contributed by atoms with Crippen LogP contribution >= 0.6 is 0 Å². The Morgan fingerprint density at radius 1 is 1.11 bits per heavy atom. The first-order valence-electron chi connectivity index (χ1n) is 5.72. The van der Waals surface area contributed by atoms with Crippen molar-refractivity contribution in [1.29, 1.82) is 0 Å². The van der Waals surface area contributed by atoms with E-state index in [4.69, 9.17) is 9.15 Å². The van der Waals surface area contributed by atoms with Crippen LogP contribution in [0, 0.1) is 0 Å². The van der Waals surface area contributed by atoms with Crippen LogP contribution in [0.1, 0.15) is 18.2 Å². The molecule has 18 heavy (non-hydrogen) atoms. The summed E-state index contributed by atoms with van der Waals surface area (Å²) in [6, 6.07) is 11.3. The second kappa shape index (κ2) is 6.39. The van der Waals surface area contributed by atoms with Crippen molar-refractivity contribution >= 4 is 12.4 Å². The van der Waals surface area contributed by atoms with E-state index in [2.05, 4.69) is 10.2 Å². The minimum absolute atomic E-state index is 0.626. The van der Waals surface area contributed by atoms with Crippen molar-refractivity contribution < 1.29 is 9.15 Å². The zero-order valence-electron chi connectivity index (χ0n) is 10.1. The van der Waals surface area contributed by atoms with Crippen molar-refractivity contribution in [2.75, 3.05) is 6.61 Å². The molecule has 1 aromatic carbocycles. The predicted octanol–water partition coefficient (Wildman–Crippen LogP) is 3.13. The van der Waals surface area contributed by atoms with Gasteiger partial charge < -0.3 is 9.15 Å². The van der Waals surface area contributed by atoms with Gasteiger partial charge in [-0.05, 0) is 31.2 Å². The molecule has 0 radical (unpaired) electrons. The first-order chi connectivity index (χ1) is 8.90. The van der Waals surface area contributed by atoms with Gasteiger partial charge in [0.2, 0.25) is 0 Å². The van der Waals surface area contributed by atoms with Gasteiger partial charge >= 0.3 is 0 Å². The molecule has 1 heterocycles. The summed E-state index contributed by atoms with van der Waals surface area (Å²) in [6.45, 7) is 2.57. The molecule has 1 aromatic heterocycles. The minimum Gasteiger partial charge on any atom is -0.493 e. The fourth-order valence-corrected chi connectivity index (χ4v) is 1.42. The standard InChI is InChI=1S/C14H14N2O2/c1-2-17-14-8-4-3-6-12(14)10-15-16-11-13-7-5-9-18-13/h3-11H,2H2,1H3/b15-10-,16-11+. The molecule has 0 saturated carbocycles. The summed E-state index contributed by atoms with van der Waals surface area (Å²) in [6.07, 6.45) is 4.81. The number of rotatable bonds is 5. The third kappa shape index (κ3) is 3.31. The molecule has 0 unspecified atom stereocenters. The lowest BCUT2D eigenvalue weighted by Crippen LogP contribution is -1.95. The lowest BCUT2D eigenvalue weighted by Gasteiger charge is -2.04. The summed E-state index contributed by atoms with van der Waals surface area (Å²) < 4.78 is 10.6. The molecule has 0 spiro atoms. The molecular formula is C14H14N2O2. The lowest BCUT2D eigenvalue weighted by molar-refractivity contribution is 0.340. The molecule has 0 amide bonds. The number of nitrogens with zero attached hydrogens (tertiary/aromatic N) is 2. The van der Waals surface area contributed by atoms with Gasteiger partial charge in [-0.2, -0.15) is 10.2 Å². The Morgan fingerprint density at radius 3 is 2.72 bits per heavy atom. The van der Waals surface area contributed by atoms with E-state index in [1.807, 2.05) is 37.3 Å². The number of ether oxygens (including phenoxy) is 1. The van der Waals surface area contributed by atoms with Crippen LogP contribution in [0.15, 0.2) is 57.3 Å². The van der Waals surface area contributed by atoms with Gasteiger partial charge in [-0.1, -0.05) is 12.1 Å². The van der Waals surface area contributed by atoms with E-state index in [0.29, 0.717) is 12.4 Å². The van der Waals surface area contributed by atoms with Crippen molar-refractivity contribution in [2.45, 2.75) is 6.92 Å². The number of furan rings is 1. The molecule has 2 rings (SSSR count). The molecule has 0 fully saturated rings. The van der Waals surface area contributed by atoms with Gasteiger partial charge in [0.05, 0.1) is 25.3 Å². The summed E-state index contributed by atoms with van der Waals surface area (Å²) in [5, 5.41) is 7.87. The van der Waals surface area contributed by atoms with Gasteiger partial charge in [0.25, 0.3) is 0 Å². The fraction of sp³-hybridized carbons (Fsp3) is 0.143. The highest BCUT2D eigenvalue weighted by molar-refractivity contribution is 5.84. The molecule has 0 aliphatic heterocycles. The third-order valence-electron chi connectivity index (χ3n) is 2.21. The maximum absolute atomic E-state index is 5.48. The summed E-state index contributed by atoms with van der Waals surface area (Å²) in [4.78, 5) is 0. The van der Waals surface area contributed by atoms with Crippen LogP contribution in [0.3, 0.4) is 0 Å². The third-order valence-corrected chi connectivity index (χ3v) is 2.21. The largest absolute Gasteiger partial charge is 0.493 e. The Morgan fingerprint density at radius 2 is 1.94 bits per heavy atom. The first-order valence-corrected chi connectivity index (χ1v) is 5.72. The number of para-hydroxylation sites is 1. The molecule has 0 bridgehead atoms. The summed E-state index contributed by atoms with van der Waals surface area (Å²) in [5.74, 6) is 1.47.